The number of hydrogen-bond acceptors (Lipinski definition) is 6. The van der Waals surface area contributed by atoms with Crippen LogP contribution in [0, 0.1) is 10.1 Å². The van der Waals surface area contributed by atoms with E-state index in [2.05, 4.69) is 10.5 Å². The van der Waals surface area contributed by atoms with Crippen molar-refractivity contribution in [2.45, 2.75) is 6.92 Å². The number of non-ortho nitro benzene ring substituents is 1. The van der Waals surface area contributed by atoms with Gasteiger partial charge in [-0.2, -0.15) is 5.10 Å². The highest BCUT2D eigenvalue weighted by atomic mass is 16.6. The molecule has 124 valence electrons. The highest BCUT2D eigenvalue weighted by Gasteiger charge is 2.09. The summed E-state index contributed by atoms with van der Waals surface area (Å²) in [6, 6.07) is 10.0. The minimum absolute atomic E-state index is 0.0762. The van der Waals surface area contributed by atoms with Gasteiger partial charge in [0, 0.05) is 23.3 Å². The van der Waals surface area contributed by atoms with E-state index in [4.69, 9.17) is 4.74 Å². The number of aromatic hydroxyl groups is 1. The van der Waals surface area contributed by atoms with E-state index in [9.17, 15) is 20.0 Å². The molecule has 24 heavy (non-hydrogen) atoms. The van der Waals surface area contributed by atoms with Crippen molar-refractivity contribution in [2.75, 3.05) is 6.61 Å². The maximum absolute atomic E-state index is 11.9. The Balaban J connectivity index is 2.04. The molecule has 0 aliphatic heterocycles. The molecule has 2 N–H and O–H groups in total. The summed E-state index contributed by atoms with van der Waals surface area (Å²) < 4.78 is 5.25. The van der Waals surface area contributed by atoms with E-state index in [-0.39, 0.29) is 17.0 Å². The molecule has 0 unspecified atom stereocenters. The van der Waals surface area contributed by atoms with Crippen molar-refractivity contribution in [1.82, 2.24) is 5.43 Å². The smallest absolute Gasteiger partial charge is 0.271 e. The summed E-state index contributed by atoms with van der Waals surface area (Å²) in [4.78, 5) is 21.9. The molecule has 0 bridgehead atoms. The van der Waals surface area contributed by atoms with E-state index in [0.29, 0.717) is 17.9 Å². The van der Waals surface area contributed by atoms with E-state index in [1.807, 2.05) is 0 Å². The lowest BCUT2D eigenvalue weighted by molar-refractivity contribution is -0.384. The van der Waals surface area contributed by atoms with Crippen LogP contribution in [-0.2, 0) is 0 Å². The van der Waals surface area contributed by atoms with Gasteiger partial charge < -0.3 is 9.84 Å². The molecule has 0 aliphatic carbocycles. The van der Waals surface area contributed by atoms with Gasteiger partial charge in [-0.25, -0.2) is 5.43 Å². The van der Waals surface area contributed by atoms with Crippen molar-refractivity contribution in [2.24, 2.45) is 5.10 Å². The van der Waals surface area contributed by atoms with Crippen LogP contribution in [0.2, 0.25) is 0 Å². The molecule has 0 fully saturated rings. The van der Waals surface area contributed by atoms with E-state index < -0.39 is 10.8 Å². The summed E-state index contributed by atoms with van der Waals surface area (Å²) in [6.45, 7) is 2.20. The topological polar surface area (TPSA) is 114 Å². The Kier molecular flexibility index (Phi) is 5.45. The van der Waals surface area contributed by atoms with Crippen molar-refractivity contribution >= 4 is 17.8 Å². The summed E-state index contributed by atoms with van der Waals surface area (Å²) >= 11 is 0. The van der Waals surface area contributed by atoms with Crippen molar-refractivity contribution in [1.29, 1.82) is 0 Å². The van der Waals surface area contributed by atoms with Crippen molar-refractivity contribution < 1.29 is 19.6 Å². The van der Waals surface area contributed by atoms with Crippen LogP contribution in [0.3, 0.4) is 0 Å². The average molecular weight is 329 g/mol. The van der Waals surface area contributed by atoms with Crippen LogP contribution in [0.5, 0.6) is 11.5 Å². The van der Waals surface area contributed by atoms with E-state index in [0.717, 1.165) is 0 Å². The van der Waals surface area contributed by atoms with Crippen LogP contribution in [0.1, 0.15) is 22.8 Å². The van der Waals surface area contributed by atoms with Crippen molar-refractivity contribution in [3.8, 4) is 11.5 Å². The first kappa shape index (κ1) is 16.9. The first-order valence-electron chi connectivity index (χ1n) is 7.05. The largest absolute Gasteiger partial charge is 0.504 e. The van der Waals surface area contributed by atoms with Gasteiger partial charge in [-0.3, -0.25) is 14.9 Å². The van der Waals surface area contributed by atoms with Gasteiger partial charge in [0.25, 0.3) is 11.6 Å². The lowest BCUT2D eigenvalue weighted by Gasteiger charge is -2.07. The molecular formula is C16H15N3O5. The summed E-state index contributed by atoms with van der Waals surface area (Å²) in [5, 5.41) is 24.3. The Morgan fingerprint density at radius 3 is 2.67 bits per heavy atom. The zero-order chi connectivity index (χ0) is 17.5. The van der Waals surface area contributed by atoms with Crippen molar-refractivity contribution in [3.05, 3.63) is 63.7 Å². The molecule has 0 spiro atoms. The van der Waals surface area contributed by atoms with Crippen LogP contribution < -0.4 is 10.2 Å². The summed E-state index contributed by atoms with van der Waals surface area (Å²) in [5.41, 5.74) is 2.79. The highest BCUT2D eigenvalue weighted by Crippen LogP contribution is 2.28. The number of benzene rings is 2. The molecule has 8 heteroatoms. The second kappa shape index (κ2) is 7.73. The predicted octanol–water partition coefficient (Wildman–Crippen LogP) is 2.46. The first-order valence-corrected chi connectivity index (χ1v) is 7.05. The third kappa shape index (κ3) is 4.07. The fourth-order valence-corrected chi connectivity index (χ4v) is 1.87. The molecule has 0 aromatic heterocycles. The molecule has 8 nitrogen and oxygen atoms in total. The Morgan fingerprint density at radius 2 is 2.04 bits per heavy atom. The van der Waals surface area contributed by atoms with Gasteiger partial charge >= 0.3 is 0 Å². The molecule has 2 aromatic carbocycles. The molecule has 1 amide bonds. The van der Waals surface area contributed by atoms with Gasteiger partial charge in [-0.05, 0) is 31.2 Å². The summed E-state index contributed by atoms with van der Waals surface area (Å²) in [5.74, 6) is -0.280. The quantitative estimate of drug-likeness (QED) is 0.480. The number of nitrogens with one attached hydrogen (secondary N) is 1. The number of phenolic OH excluding ortho intramolecular Hbond substituents is 1. The molecule has 0 saturated heterocycles. The second-order valence-electron chi connectivity index (χ2n) is 4.63. The van der Waals surface area contributed by atoms with Crippen LogP contribution in [-0.4, -0.2) is 28.8 Å². The zero-order valence-corrected chi connectivity index (χ0v) is 12.8. The number of nitrogens with zero attached hydrogens (tertiary/aromatic N) is 2. The molecule has 0 aliphatic rings. The van der Waals surface area contributed by atoms with E-state index in [1.54, 1.807) is 25.1 Å². The number of phenols is 1. The molecule has 0 saturated carbocycles. The Morgan fingerprint density at radius 1 is 1.33 bits per heavy atom. The number of hydrogen-bond donors (Lipinski definition) is 2. The number of para-hydroxylation sites is 1. The third-order valence-corrected chi connectivity index (χ3v) is 3.04. The number of hydrazone groups is 1. The van der Waals surface area contributed by atoms with Gasteiger partial charge in [-0.15, -0.1) is 0 Å². The standard InChI is InChI=1S/C16H15N3O5/c1-2-24-14-5-3-4-12(15(14)20)10-17-18-16(21)11-6-8-13(9-7-11)19(22)23/h3-10,20H,2H2,1H3,(H,18,21). The van der Waals surface area contributed by atoms with Crippen molar-refractivity contribution in [3.63, 3.8) is 0 Å². The number of carbonyl (C=O) groups is 1. The minimum atomic E-state index is -0.548. The zero-order valence-electron chi connectivity index (χ0n) is 12.8. The SMILES string of the molecule is CCOc1cccc(C=NNC(=O)c2ccc([N+](=O)[O-])cc2)c1O. The Bertz CT molecular complexity index is 772. The van der Waals surface area contributed by atoms with Crippen LogP contribution >= 0.6 is 0 Å². The number of nitro benzene ring substituents is 1. The fraction of sp³-hybridized carbons (Fsp3) is 0.125. The molecule has 0 radical (unpaired) electrons. The summed E-state index contributed by atoms with van der Waals surface area (Å²) in [6.07, 6.45) is 1.28. The normalized spacial score (nSPS) is 10.5. The maximum Gasteiger partial charge on any atom is 0.271 e. The van der Waals surface area contributed by atoms with Gasteiger partial charge in [0.05, 0.1) is 17.7 Å². The van der Waals surface area contributed by atoms with E-state index >= 15 is 0 Å². The molecule has 2 aromatic rings. The lowest BCUT2D eigenvalue weighted by Crippen LogP contribution is -2.17. The maximum atomic E-state index is 11.9. The van der Waals surface area contributed by atoms with Gasteiger partial charge in [-0.1, -0.05) is 6.07 Å². The van der Waals surface area contributed by atoms with Gasteiger partial charge in [0.2, 0.25) is 0 Å². The molecule has 0 heterocycles. The molecular weight excluding hydrogens is 314 g/mol. The number of nitro groups is 1. The molecule has 2 rings (SSSR count). The van der Waals surface area contributed by atoms with Gasteiger partial charge in [0.15, 0.2) is 11.5 Å². The van der Waals surface area contributed by atoms with Crippen LogP contribution in [0.4, 0.5) is 5.69 Å². The fourth-order valence-electron chi connectivity index (χ4n) is 1.87. The second-order valence-corrected chi connectivity index (χ2v) is 4.63. The van der Waals surface area contributed by atoms with Crippen LogP contribution in [0.15, 0.2) is 47.6 Å². The van der Waals surface area contributed by atoms with Crippen LogP contribution in [0.25, 0.3) is 0 Å². The third-order valence-electron chi connectivity index (χ3n) is 3.04. The Labute approximate surface area is 137 Å². The van der Waals surface area contributed by atoms with E-state index in [1.165, 1.54) is 30.5 Å². The number of ether oxygens (including phenoxy) is 1. The van der Waals surface area contributed by atoms with Gasteiger partial charge in [0.1, 0.15) is 0 Å². The number of rotatable bonds is 6. The number of carbonyl (C=O) groups excluding carboxylic acids is 1. The highest BCUT2D eigenvalue weighted by molar-refractivity contribution is 5.95. The minimum Gasteiger partial charge on any atom is -0.504 e. The monoisotopic (exact) mass is 329 g/mol. The number of amides is 1. The lowest BCUT2D eigenvalue weighted by atomic mass is 10.2. The molecule has 0 atom stereocenters. The average Bonchev–Trinajstić information content (AvgIpc) is 2.58. The Hall–Kier alpha value is -3.42. The summed E-state index contributed by atoms with van der Waals surface area (Å²) in [7, 11) is 0. The predicted molar refractivity (Wildman–Crippen MR) is 87.4 cm³/mol. The first-order chi connectivity index (χ1) is 11.5.